The smallest absolute Gasteiger partial charge is 0.227 e. The molecule has 1 aromatic carbocycles. The molecule has 1 aliphatic rings. The van der Waals surface area contributed by atoms with E-state index in [0.29, 0.717) is 17.4 Å². The lowest BCUT2D eigenvalue weighted by Crippen LogP contribution is -2.39. The molecule has 6 heteroatoms. The van der Waals surface area contributed by atoms with Crippen LogP contribution in [0.15, 0.2) is 36.7 Å². The van der Waals surface area contributed by atoms with Crippen molar-refractivity contribution in [2.24, 2.45) is 0 Å². The van der Waals surface area contributed by atoms with Crippen LogP contribution in [0.5, 0.6) is 0 Å². The molecule has 27 heavy (non-hydrogen) atoms. The third kappa shape index (κ3) is 5.33. The van der Waals surface area contributed by atoms with Gasteiger partial charge in [-0.15, -0.1) is 0 Å². The number of benzene rings is 1. The first-order valence-corrected chi connectivity index (χ1v) is 10.1. The molecule has 0 saturated carbocycles. The van der Waals surface area contributed by atoms with E-state index >= 15 is 0 Å². The second-order valence-electron chi connectivity index (χ2n) is 7.56. The molecule has 0 N–H and O–H groups in total. The van der Waals surface area contributed by atoms with Crippen LogP contribution in [0, 0.1) is 0 Å². The first kappa shape index (κ1) is 19.9. The van der Waals surface area contributed by atoms with E-state index in [2.05, 4.69) is 34.7 Å². The zero-order valence-corrected chi connectivity index (χ0v) is 17.0. The molecule has 0 bridgehead atoms. The number of piperidine rings is 1. The van der Waals surface area contributed by atoms with Gasteiger partial charge in [0.15, 0.2) is 0 Å². The monoisotopic (exact) mass is 388 g/mol. The van der Waals surface area contributed by atoms with Gasteiger partial charge in [0.25, 0.3) is 0 Å². The van der Waals surface area contributed by atoms with Gasteiger partial charge in [-0.3, -0.25) is 4.79 Å². The summed E-state index contributed by atoms with van der Waals surface area (Å²) in [5.74, 6) is 1.77. The van der Waals surface area contributed by atoms with Gasteiger partial charge in [0.2, 0.25) is 5.91 Å². The largest absolute Gasteiger partial charge is 0.342 e. The van der Waals surface area contributed by atoms with Crippen LogP contribution in [0.4, 0.5) is 0 Å². The number of aromatic nitrogens is 2. The van der Waals surface area contributed by atoms with E-state index < -0.39 is 0 Å². The van der Waals surface area contributed by atoms with Gasteiger partial charge in [-0.1, -0.05) is 29.8 Å². The lowest BCUT2D eigenvalue weighted by Gasteiger charge is -2.32. The molecule has 0 unspecified atom stereocenters. The quantitative estimate of drug-likeness (QED) is 0.729. The maximum atomic E-state index is 12.6. The summed E-state index contributed by atoms with van der Waals surface area (Å²) in [4.78, 5) is 21.4. The molecule has 1 aliphatic heterocycles. The highest BCUT2D eigenvalue weighted by Crippen LogP contribution is 2.28. The summed E-state index contributed by atoms with van der Waals surface area (Å²) in [6, 6.07) is 7.59. The molecule has 1 amide bonds. The third-order valence-corrected chi connectivity index (χ3v) is 5.63. The number of amides is 1. The maximum Gasteiger partial charge on any atom is 0.227 e. The Hall–Kier alpha value is -1.85. The number of halogens is 1. The van der Waals surface area contributed by atoms with E-state index in [1.807, 2.05) is 35.4 Å². The number of rotatable bonds is 7. The van der Waals surface area contributed by atoms with Gasteiger partial charge in [0.05, 0.1) is 6.42 Å². The number of nitrogens with zero attached hydrogens (tertiary/aromatic N) is 4. The molecular weight excluding hydrogens is 360 g/mol. The highest BCUT2D eigenvalue weighted by Gasteiger charge is 2.26. The zero-order valence-electron chi connectivity index (χ0n) is 16.3. The fourth-order valence-electron chi connectivity index (χ4n) is 3.73. The number of carbonyl (C=O) groups is 1. The topological polar surface area (TPSA) is 41.4 Å². The van der Waals surface area contributed by atoms with Crippen molar-refractivity contribution >= 4 is 17.5 Å². The highest BCUT2D eigenvalue weighted by atomic mass is 35.5. The van der Waals surface area contributed by atoms with E-state index in [1.165, 1.54) is 5.82 Å². The second kappa shape index (κ2) is 9.38. The van der Waals surface area contributed by atoms with Crippen molar-refractivity contribution in [3.63, 3.8) is 0 Å². The molecule has 5 nitrogen and oxygen atoms in total. The highest BCUT2D eigenvalue weighted by molar-refractivity contribution is 6.31. The number of imidazole rings is 1. The van der Waals surface area contributed by atoms with E-state index in [1.54, 1.807) is 0 Å². The predicted octanol–water partition coefficient (Wildman–Crippen LogP) is 3.44. The van der Waals surface area contributed by atoms with Gasteiger partial charge < -0.3 is 14.4 Å². The van der Waals surface area contributed by atoms with Gasteiger partial charge in [-0.2, -0.15) is 0 Å². The van der Waals surface area contributed by atoms with Crippen molar-refractivity contribution < 1.29 is 4.79 Å². The third-order valence-electron chi connectivity index (χ3n) is 5.26. The average Bonchev–Trinajstić information content (AvgIpc) is 3.12. The molecule has 1 aromatic heterocycles. The summed E-state index contributed by atoms with van der Waals surface area (Å²) in [5.41, 5.74) is 0.905. The molecule has 2 aromatic rings. The van der Waals surface area contributed by atoms with Crippen LogP contribution in [0.1, 0.15) is 36.6 Å². The Morgan fingerprint density at radius 2 is 2.00 bits per heavy atom. The van der Waals surface area contributed by atoms with Gasteiger partial charge in [0, 0.05) is 43.0 Å². The minimum Gasteiger partial charge on any atom is -0.342 e. The normalized spacial score (nSPS) is 15.5. The van der Waals surface area contributed by atoms with Crippen LogP contribution in [-0.2, 0) is 17.8 Å². The van der Waals surface area contributed by atoms with Gasteiger partial charge in [-0.05, 0) is 51.5 Å². The molecule has 0 spiro atoms. The van der Waals surface area contributed by atoms with Crippen molar-refractivity contribution in [2.45, 2.75) is 38.1 Å². The molecule has 0 radical (unpaired) electrons. The van der Waals surface area contributed by atoms with Crippen LogP contribution in [0.3, 0.4) is 0 Å². The molecule has 2 heterocycles. The molecule has 146 valence electrons. The lowest BCUT2D eigenvalue weighted by atomic mass is 9.95. The van der Waals surface area contributed by atoms with Crippen LogP contribution < -0.4 is 0 Å². The fourth-order valence-corrected chi connectivity index (χ4v) is 3.93. The zero-order chi connectivity index (χ0) is 19.2. The van der Waals surface area contributed by atoms with E-state index in [9.17, 15) is 4.79 Å². The molecule has 3 rings (SSSR count). The molecule has 1 fully saturated rings. The van der Waals surface area contributed by atoms with Crippen LogP contribution in [-0.4, -0.2) is 59.0 Å². The number of carbonyl (C=O) groups excluding carboxylic acids is 1. The van der Waals surface area contributed by atoms with E-state index in [0.717, 1.165) is 51.0 Å². The Morgan fingerprint density at radius 1 is 1.26 bits per heavy atom. The summed E-state index contributed by atoms with van der Waals surface area (Å²) in [5, 5.41) is 0.667. The number of hydrogen-bond donors (Lipinski definition) is 0. The summed E-state index contributed by atoms with van der Waals surface area (Å²) in [6.07, 6.45) is 7.42. The molecule has 0 atom stereocenters. The Morgan fingerprint density at radius 3 is 2.70 bits per heavy atom. The van der Waals surface area contributed by atoms with E-state index in [4.69, 9.17) is 11.6 Å². The Labute approximate surface area is 166 Å². The minimum absolute atomic E-state index is 0.163. The van der Waals surface area contributed by atoms with Gasteiger partial charge in [0.1, 0.15) is 5.82 Å². The van der Waals surface area contributed by atoms with Gasteiger partial charge in [-0.25, -0.2) is 4.98 Å². The van der Waals surface area contributed by atoms with Crippen LogP contribution in [0.25, 0.3) is 0 Å². The van der Waals surface area contributed by atoms with Crippen molar-refractivity contribution in [1.29, 1.82) is 0 Å². The van der Waals surface area contributed by atoms with Crippen LogP contribution >= 0.6 is 11.6 Å². The van der Waals surface area contributed by atoms with Crippen molar-refractivity contribution in [2.75, 3.05) is 33.7 Å². The predicted molar refractivity (Wildman–Crippen MR) is 109 cm³/mol. The van der Waals surface area contributed by atoms with Crippen molar-refractivity contribution in [3.05, 3.63) is 53.1 Å². The molecular formula is C21H29ClN4O. The average molecular weight is 389 g/mol. The Kier molecular flexibility index (Phi) is 6.91. The maximum absolute atomic E-state index is 12.6. The second-order valence-corrected chi connectivity index (χ2v) is 7.97. The number of aryl methyl sites for hydroxylation is 1. The molecule has 1 saturated heterocycles. The Bertz CT molecular complexity index is 750. The SMILES string of the molecule is CN(C)CCCn1ccnc1C1CCN(C(=O)Cc2ccccc2Cl)CC1. The summed E-state index contributed by atoms with van der Waals surface area (Å²) in [7, 11) is 4.20. The van der Waals surface area contributed by atoms with Gasteiger partial charge >= 0.3 is 0 Å². The first-order valence-electron chi connectivity index (χ1n) is 9.71. The lowest BCUT2D eigenvalue weighted by molar-refractivity contribution is -0.131. The Balaban J connectivity index is 1.52. The molecule has 0 aliphatic carbocycles. The summed E-state index contributed by atoms with van der Waals surface area (Å²) >= 11 is 6.19. The minimum atomic E-state index is 0.163. The van der Waals surface area contributed by atoms with Crippen molar-refractivity contribution in [3.8, 4) is 0 Å². The number of likely N-dealkylation sites (tertiary alicyclic amines) is 1. The standard InChI is InChI=1S/C21H29ClN4O/c1-24(2)11-5-12-26-15-10-23-21(26)17-8-13-25(14-9-17)20(27)16-18-6-3-4-7-19(18)22/h3-4,6-7,10,15,17H,5,8-9,11-14,16H2,1-2H3. The fraction of sp³-hybridized carbons (Fsp3) is 0.524. The van der Waals surface area contributed by atoms with E-state index in [-0.39, 0.29) is 5.91 Å². The number of hydrogen-bond acceptors (Lipinski definition) is 3. The summed E-state index contributed by atoms with van der Waals surface area (Å²) in [6.45, 7) is 3.66. The van der Waals surface area contributed by atoms with Crippen LogP contribution in [0.2, 0.25) is 5.02 Å². The van der Waals surface area contributed by atoms with Crippen molar-refractivity contribution in [1.82, 2.24) is 19.4 Å². The first-order chi connectivity index (χ1) is 13.0. The summed E-state index contributed by atoms with van der Waals surface area (Å²) < 4.78 is 2.29.